The number of hydrogen-bond donors (Lipinski definition) is 3. The molecule has 1 amide bonds. The van der Waals surface area contributed by atoms with Gasteiger partial charge in [-0.2, -0.15) is 0 Å². The van der Waals surface area contributed by atoms with Gasteiger partial charge in [0.05, 0.1) is 11.1 Å². The number of amides is 1. The minimum absolute atomic E-state index is 0.119. The first kappa shape index (κ1) is 16.9. The maximum absolute atomic E-state index is 11.9. The average molecular weight is 314 g/mol. The number of aromatic nitrogens is 2. The molecule has 0 aliphatic rings. The van der Waals surface area contributed by atoms with Gasteiger partial charge in [0, 0.05) is 5.39 Å². The molecule has 4 N–H and O–H groups in total. The molecule has 1 aromatic heterocycles. The van der Waals surface area contributed by atoms with Crippen LogP contribution in [-0.2, 0) is 4.79 Å². The van der Waals surface area contributed by atoms with E-state index in [0.717, 1.165) is 22.2 Å². The van der Waals surface area contributed by atoms with Gasteiger partial charge in [0.25, 0.3) is 11.9 Å². The summed E-state index contributed by atoms with van der Waals surface area (Å²) in [6, 6.07) is 4.14. The van der Waals surface area contributed by atoms with Crippen LogP contribution in [0.5, 0.6) is 0 Å². The number of aryl methyl sites for hydroxylation is 3. The molecule has 0 fully saturated rings. The smallest absolute Gasteiger partial charge is 0.322 e. The van der Waals surface area contributed by atoms with E-state index in [2.05, 4.69) is 32.4 Å². The zero-order valence-corrected chi connectivity index (χ0v) is 14.5. The van der Waals surface area contributed by atoms with Crippen molar-refractivity contribution in [1.82, 2.24) is 15.3 Å². The molecular weight excluding hydrogens is 290 g/mol. The van der Waals surface area contributed by atoms with Crippen molar-refractivity contribution in [2.45, 2.75) is 41.5 Å². The molecule has 0 saturated carbocycles. The van der Waals surface area contributed by atoms with Crippen molar-refractivity contribution in [3.8, 4) is 0 Å². The second-order valence-corrected chi connectivity index (χ2v) is 6.85. The zero-order valence-electron chi connectivity index (χ0n) is 14.5. The molecule has 1 heterocycles. The second-order valence-electron chi connectivity index (χ2n) is 6.85. The van der Waals surface area contributed by atoms with Gasteiger partial charge in [-0.15, -0.1) is 9.97 Å². The Morgan fingerprint density at radius 1 is 1.17 bits per heavy atom. The first-order valence-corrected chi connectivity index (χ1v) is 7.54. The minimum Gasteiger partial charge on any atom is -0.322 e. The molecule has 0 saturated heterocycles. The van der Waals surface area contributed by atoms with Gasteiger partial charge in [-0.25, -0.2) is 10.3 Å². The Hall–Kier alpha value is -2.50. The summed E-state index contributed by atoms with van der Waals surface area (Å²) in [7, 11) is 0. The fraction of sp³-hybridized carbons (Fsp3) is 0.412. The van der Waals surface area contributed by atoms with Gasteiger partial charge >= 0.3 is 5.95 Å². The van der Waals surface area contributed by atoms with E-state index < -0.39 is 5.41 Å². The van der Waals surface area contributed by atoms with Gasteiger partial charge in [-0.1, -0.05) is 26.8 Å². The number of hydrogen-bond acceptors (Lipinski definition) is 3. The Labute approximate surface area is 136 Å². The summed E-state index contributed by atoms with van der Waals surface area (Å²) in [5.41, 5.74) is 9.31. The van der Waals surface area contributed by atoms with E-state index in [9.17, 15) is 4.79 Å². The molecule has 1 aromatic carbocycles. The van der Waals surface area contributed by atoms with Crippen LogP contribution in [0.3, 0.4) is 0 Å². The monoisotopic (exact) mass is 314 g/mol. The number of nitrogens with one attached hydrogen (secondary N) is 2. The predicted molar refractivity (Wildman–Crippen MR) is 91.2 cm³/mol. The van der Waals surface area contributed by atoms with Crippen LogP contribution in [0, 0.1) is 26.2 Å². The molecule has 0 aliphatic heterocycles. The number of carbonyl (C=O) groups is 1. The molecule has 0 unspecified atom stereocenters. The summed E-state index contributed by atoms with van der Waals surface area (Å²) in [6.07, 6.45) is 0. The van der Waals surface area contributed by atoms with Gasteiger partial charge in [0.2, 0.25) is 0 Å². The Kier molecular flexibility index (Phi) is 4.36. The van der Waals surface area contributed by atoms with Crippen LogP contribution >= 0.6 is 0 Å². The highest BCUT2D eigenvalue weighted by Gasteiger charge is 2.24. The number of fused-ring (bicyclic) bond motifs is 1. The van der Waals surface area contributed by atoms with Crippen LogP contribution in [0.2, 0.25) is 0 Å². The molecule has 6 heteroatoms. The van der Waals surface area contributed by atoms with Crippen molar-refractivity contribution in [1.29, 1.82) is 0 Å². The number of benzene rings is 1. The van der Waals surface area contributed by atoms with Crippen molar-refractivity contribution < 1.29 is 9.79 Å². The third kappa shape index (κ3) is 3.83. The first-order valence-electron chi connectivity index (χ1n) is 7.54. The summed E-state index contributed by atoms with van der Waals surface area (Å²) in [6.45, 7) is 11.4. The highest BCUT2D eigenvalue weighted by Crippen LogP contribution is 2.21. The third-order valence-electron chi connectivity index (χ3n) is 3.50. The lowest BCUT2D eigenvalue weighted by molar-refractivity contribution is -0.367. The highest BCUT2D eigenvalue weighted by atomic mass is 16.2. The standard InChI is InChI=1S/C17H23N5O/c1-9-7-10(2)13-12(8-9)11(3)19-16(20-13)22-15(18)21-14(23)17(4,5)6/h7-8H,1-6H3,(H3,18,19,20,21,22,23)/p+1. The van der Waals surface area contributed by atoms with Gasteiger partial charge in [-0.3, -0.25) is 4.79 Å². The molecule has 0 aliphatic carbocycles. The van der Waals surface area contributed by atoms with E-state index in [1.54, 1.807) is 0 Å². The maximum Gasteiger partial charge on any atom is 0.354 e. The molecular formula is C17H24N5O+. The van der Waals surface area contributed by atoms with E-state index in [-0.39, 0.29) is 11.9 Å². The quantitative estimate of drug-likeness (QED) is 0.534. The fourth-order valence-corrected chi connectivity index (χ4v) is 2.25. The third-order valence-corrected chi connectivity index (χ3v) is 3.50. The van der Waals surface area contributed by atoms with Crippen molar-refractivity contribution in [2.24, 2.45) is 11.1 Å². The lowest BCUT2D eigenvalue weighted by Crippen LogP contribution is -2.75. The summed E-state index contributed by atoms with van der Waals surface area (Å²) >= 11 is 0. The van der Waals surface area contributed by atoms with Crippen LogP contribution in [-0.4, -0.2) is 21.8 Å². The molecule has 2 aromatic rings. The Morgan fingerprint density at radius 3 is 2.43 bits per heavy atom. The normalized spacial score (nSPS) is 12.5. The Morgan fingerprint density at radius 2 is 1.83 bits per heavy atom. The predicted octanol–water partition coefficient (Wildman–Crippen LogP) is 0.744. The molecule has 6 nitrogen and oxygen atoms in total. The van der Waals surface area contributed by atoms with E-state index in [4.69, 9.17) is 5.73 Å². The highest BCUT2D eigenvalue weighted by molar-refractivity contribution is 5.96. The van der Waals surface area contributed by atoms with E-state index >= 15 is 0 Å². The number of nitrogens with two attached hydrogens (primary N) is 1. The molecule has 122 valence electrons. The van der Waals surface area contributed by atoms with Crippen molar-refractivity contribution >= 4 is 28.7 Å². The van der Waals surface area contributed by atoms with Gasteiger partial charge in [-0.05, 0) is 38.0 Å². The van der Waals surface area contributed by atoms with Crippen LogP contribution in [0.4, 0.5) is 5.95 Å². The topological polar surface area (TPSA) is 94.9 Å². The lowest BCUT2D eigenvalue weighted by Gasteiger charge is -2.14. The Bertz CT molecular complexity index is 803. The number of rotatable bonds is 1. The molecule has 0 atom stereocenters. The molecule has 23 heavy (non-hydrogen) atoms. The van der Waals surface area contributed by atoms with Crippen molar-refractivity contribution in [3.05, 3.63) is 29.0 Å². The SMILES string of the molecule is Cc1cc(C)c2nc(/[NH+]=C(\N)NC(=O)C(C)(C)C)nc(C)c2c1. The van der Waals surface area contributed by atoms with Crippen molar-refractivity contribution in [3.63, 3.8) is 0 Å². The minimum atomic E-state index is -0.527. The van der Waals surface area contributed by atoms with E-state index in [1.165, 1.54) is 5.56 Å². The van der Waals surface area contributed by atoms with Gasteiger partial charge in [0.15, 0.2) is 0 Å². The average Bonchev–Trinajstić information content (AvgIpc) is 2.39. The zero-order chi connectivity index (χ0) is 17.4. The summed E-state index contributed by atoms with van der Waals surface area (Å²) in [5, 5.41) is 3.64. The number of nitrogens with zero attached hydrogens (tertiary/aromatic N) is 2. The maximum atomic E-state index is 11.9. The summed E-state index contributed by atoms with van der Waals surface area (Å²) in [4.78, 5) is 23.7. The second kappa shape index (κ2) is 5.95. The van der Waals surface area contributed by atoms with Crippen LogP contribution in [0.25, 0.3) is 10.9 Å². The molecule has 2 rings (SSSR count). The van der Waals surface area contributed by atoms with Crippen LogP contribution < -0.4 is 16.0 Å². The van der Waals surface area contributed by atoms with Gasteiger partial charge in [0.1, 0.15) is 5.52 Å². The van der Waals surface area contributed by atoms with Crippen molar-refractivity contribution in [2.75, 3.05) is 0 Å². The summed E-state index contributed by atoms with van der Waals surface area (Å²) < 4.78 is 0. The largest absolute Gasteiger partial charge is 0.354 e. The Balaban J connectivity index is 2.41. The molecule has 0 radical (unpaired) electrons. The fourth-order valence-electron chi connectivity index (χ4n) is 2.25. The summed E-state index contributed by atoms with van der Waals surface area (Å²) in [5.74, 6) is 0.314. The number of guanidine groups is 1. The van der Waals surface area contributed by atoms with Crippen LogP contribution in [0.15, 0.2) is 12.1 Å². The lowest BCUT2D eigenvalue weighted by atomic mass is 9.96. The molecule has 0 spiro atoms. The van der Waals surface area contributed by atoms with E-state index in [0.29, 0.717) is 5.95 Å². The molecule has 0 bridgehead atoms. The van der Waals surface area contributed by atoms with E-state index in [1.807, 2.05) is 41.5 Å². The van der Waals surface area contributed by atoms with Crippen LogP contribution in [0.1, 0.15) is 37.6 Å². The van der Waals surface area contributed by atoms with Gasteiger partial charge < -0.3 is 5.73 Å². The first-order chi connectivity index (χ1) is 10.6. The number of carbonyl (C=O) groups excluding carboxylic acids is 1.